The number of hydrogen-bond acceptors (Lipinski definition) is 7. The summed E-state index contributed by atoms with van der Waals surface area (Å²) in [4.78, 5) is 30.0. The molecule has 8 heteroatoms. The predicted octanol–water partition coefficient (Wildman–Crippen LogP) is 7.68. The minimum absolute atomic E-state index is 0.0576. The molecule has 0 saturated carbocycles. The molecule has 1 aromatic heterocycles. The van der Waals surface area contributed by atoms with Crippen LogP contribution in [0, 0.1) is 11.8 Å². The van der Waals surface area contributed by atoms with Crippen molar-refractivity contribution in [3.63, 3.8) is 0 Å². The smallest absolute Gasteiger partial charge is 0.308 e. The zero-order chi connectivity index (χ0) is 32.6. The molecule has 0 aliphatic carbocycles. The number of rotatable bonds is 8. The molecule has 0 amide bonds. The molecule has 6 atom stereocenters. The van der Waals surface area contributed by atoms with E-state index in [0.29, 0.717) is 12.3 Å². The highest BCUT2D eigenvalue weighted by Crippen LogP contribution is 2.39. The first-order valence-electron chi connectivity index (χ1n) is 15.5. The van der Waals surface area contributed by atoms with Gasteiger partial charge in [0, 0.05) is 30.7 Å². The Hall–Kier alpha value is -2.55. The van der Waals surface area contributed by atoms with Gasteiger partial charge in [0.05, 0.1) is 12.5 Å². The fraction of sp³-hybridized carbons (Fsp3) is 0.629. The maximum absolute atomic E-state index is 13.4. The lowest BCUT2D eigenvalue weighted by atomic mass is 9.88. The van der Waals surface area contributed by atoms with E-state index in [2.05, 4.69) is 58.8 Å². The number of hydrogen-bond donors (Lipinski definition) is 1. The van der Waals surface area contributed by atoms with E-state index in [4.69, 9.17) is 13.9 Å². The summed E-state index contributed by atoms with van der Waals surface area (Å²) in [7, 11) is -2.23. The number of cyclic esters (lactones) is 1. The van der Waals surface area contributed by atoms with Crippen molar-refractivity contribution in [2.45, 2.75) is 130 Å². The van der Waals surface area contributed by atoms with Crippen molar-refractivity contribution in [1.29, 1.82) is 0 Å². The van der Waals surface area contributed by atoms with Gasteiger partial charge in [0.25, 0.3) is 0 Å². The number of carbonyl (C=O) groups is 2. The molecule has 1 aromatic rings. The van der Waals surface area contributed by atoms with Gasteiger partial charge < -0.3 is 19.0 Å². The monoisotopic (exact) mass is 613 g/mol. The van der Waals surface area contributed by atoms with Crippen LogP contribution in [0.25, 0.3) is 0 Å². The minimum Gasteiger partial charge on any atom is -0.457 e. The number of allylic oxidation sites excluding steroid dienone is 3. The molecule has 0 aromatic carbocycles. The van der Waals surface area contributed by atoms with Crippen LogP contribution < -0.4 is 0 Å². The zero-order valence-corrected chi connectivity index (χ0v) is 29.2. The normalized spacial score (nSPS) is 28.1. The van der Waals surface area contributed by atoms with Gasteiger partial charge in [0.15, 0.2) is 8.32 Å². The fourth-order valence-corrected chi connectivity index (χ4v) is 6.36. The lowest BCUT2D eigenvalue weighted by molar-refractivity contribution is -0.157. The average molecular weight is 614 g/mol. The molecule has 43 heavy (non-hydrogen) atoms. The quantitative estimate of drug-likeness (QED) is 0.139. The molecule has 2 heterocycles. The molecule has 7 nitrogen and oxygen atoms in total. The van der Waals surface area contributed by atoms with E-state index >= 15 is 0 Å². The van der Waals surface area contributed by atoms with Crippen molar-refractivity contribution in [2.24, 2.45) is 11.8 Å². The van der Waals surface area contributed by atoms with Crippen LogP contribution in [0.1, 0.15) is 93.2 Å². The van der Waals surface area contributed by atoms with Gasteiger partial charge in [-0.05, 0) is 74.5 Å². The average Bonchev–Trinajstić information content (AvgIpc) is 2.89. The van der Waals surface area contributed by atoms with Crippen LogP contribution in [-0.2, 0) is 23.5 Å². The highest BCUT2D eigenvalue weighted by molar-refractivity contribution is 6.74. The standard InChI is InChI=1S/C35H55NO6Si/c1-24(2)29(30-17-12-13-22-36-30)16-14-15-25(3)33-26(4)18-19-31(40-27(5)37)35(9,39)21-20-28(23-32(38)41-33)42-43(10,11)34(6,7)8/h12-19,22,24,26,28-29,31,33,39H,20-21,23H2,1-11H3/b16-14+,19-18+,25-15+/t26-,28+,29?,31-,33+,35+/m0/s1. The number of pyridine rings is 1. The fourth-order valence-electron chi connectivity index (χ4n) is 4.97. The van der Waals surface area contributed by atoms with Crippen molar-refractivity contribution in [3.8, 4) is 0 Å². The van der Waals surface area contributed by atoms with Gasteiger partial charge in [-0.3, -0.25) is 14.6 Å². The van der Waals surface area contributed by atoms with Crippen LogP contribution in [0.3, 0.4) is 0 Å². The lowest BCUT2D eigenvalue weighted by Crippen LogP contribution is -2.46. The first-order valence-corrected chi connectivity index (χ1v) is 18.5. The molecule has 2 rings (SSSR count). The van der Waals surface area contributed by atoms with Gasteiger partial charge >= 0.3 is 11.9 Å². The maximum atomic E-state index is 13.4. The molecule has 0 spiro atoms. The van der Waals surface area contributed by atoms with Crippen molar-refractivity contribution in [3.05, 3.63) is 66.0 Å². The largest absolute Gasteiger partial charge is 0.457 e. The molecule has 1 N–H and O–H groups in total. The third-order valence-corrected chi connectivity index (χ3v) is 13.3. The molecular weight excluding hydrogens is 558 g/mol. The number of ether oxygens (including phenoxy) is 2. The molecule has 0 radical (unpaired) electrons. The van der Waals surface area contributed by atoms with E-state index < -0.39 is 38.2 Å². The van der Waals surface area contributed by atoms with Crippen LogP contribution in [0.4, 0.5) is 0 Å². The van der Waals surface area contributed by atoms with Crippen LogP contribution in [0.15, 0.2) is 60.3 Å². The number of aromatic nitrogens is 1. The van der Waals surface area contributed by atoms with Crippen molar-refractivity contribution in [2.75, 3.05) is 0 Å². The Bertz CT molecular complexity index is 1150. The Morgan fingerprint density at radius 2 is 1.88 bits per heavy atom. The number of aliphatic hydroxyl groups is 1. The molecule has 1 unspecified atom stereocenters. The maximum Gasteiger partial charge on any atom is 0.308 e. The highest BCUT2D eigenvalue weighted by Gasteiger charge is 2.41. The summed E-state index contributed by atoms with van der Waals surface area (Å²) in [5, 5.41) is 11.4. The predicted molar refractivity (Wildman–Crippen MR) is 175 cm³/mol. The third-order valence-electron chi connectivity index (χ3n) is 8.74. The molecule has 0 saturated heterocycles. The zero-order valence-electron chi connectivity index (χ0n) is 28.2. The van der Waals surface area contributed by atoms with Gasteiger partial charge in [-0.25, -0.2) is 0 Å². The Morgan fingerprint density at radius 1 is 1.21 bits per heavy atom. The van der Waals surface area contributed by atoms with Gasteiger partial charge in [-0.2, -0.15) is 0 Å². The van der Waals surface area contributed by atoms with E-state index in [9.17, 15) is 14.7 Å². The summed E-state index contributed by atoms with van der Waals surface area (Å²) in [6, 6.07) is 5.94. The van der Waals surface area contributed by atoms with E-state index in [0.717, 1.165) is 11.3 Å². The summed E-state index contributed by atoms with van der Waals surface area (Å²) in [6.45, 7) is 22.0. The summed E-state index contributed by atoms with van der Waals surface area (Å²) < 4.78 is 18.4. The Kier molecular flexibility index (Phi) is 13.2. The van der Waals surface area contributed by atoms with Gasteiger partial charge in [-0.1, -0.05) is 71.9 Å². The first-order chi connectivity index (χ1) is 19.8. The van der Waals surface area contributed by atoms with Crippen molar-refractivity contribution >= 4 is 20.3 Å². The first kappa shape index (κ1) is 36.6. The molecule has 240 valence electrons. The minimum atomic E-state index is -2.23. The van der Waals surface area contributed by atoms with Crippen LogP contribution in [-0.4, -0.2) is 54.3 Å². The van der Waals surface area contributed by atoms with Gasteiger partial charge in [0.1, 0.15) is 17.8 Å². The van der Waals surface area contributed by atoms with Crippen LogP contribution in [0.5, 0.6) is 0 Å². The number of carbonyl (C=O) groups excluding carboxylic acids is 2. The van der Waals surface area contributed by atoms with Crippen LogP contribution >= 0.6 is 0 Å². The van der Waals surface area contributed by atoms with E-state index in [-0.39, 0.29) is 35.7 Å². The van der Waals surface area contributed by atoms with Gasteiger partial charge in [-0.15, -0.1) is 0 Å². The van der Waals surface area contributed by atoms with Crippen molar-refractivity contribution < 1.29 is 28.6 Å². The summed E-state index contributed by atoms with van der Waals surface area (Å²) in [5.41, 5.74) is 0.533. The van der Waals surface area contributed by atoms with Crippen LogP contribution in [0.2, 0.25) is 18.1 Å². The second kappa shape index (κ2) is 15.4. The summed E-state index contributed by atoms with van der Waals surface area (Å²) >= 11 is 0. The highest BCUT2D eigenvalue weighted by atomic mass is 28.4. The number of nitrogens with zero attached hydrogens (tertiary/aromatic N) is 1. The summed E-state index contributed by atoms with van der Waals surface area (Å²) in [6.07, 6.45) is 10.4. The number of esters is 2. The third kappa shape index (κ3) is 11.1. The second-order valence-electron chi connectivity index (χ2n) is 14.1. The molecule has 0 bridgehead atoms. The van der Waals surface area contributed by atoms with E-state index in [1.54, 1.807) is 19.2 Å². The topological polar surface area (TPSA) is 95.0 Å². The Labute approximate surface area is 260 Å². The summed E-state index contributed by atoms with van der Waals surface area (Å²) in [5.74, 6) is -0.569. The SMILES string of the molecule is CC(=O)O[C@H]1/C=C/[C@H](C)[C@@H](/C(C)=C/C=C/C(c2ccccn2)C(C)C)OC(=O)C[C@H](O[Si](C)(C)C(C)(C)C)CC[C@@]1(C)O. The van der Waals surface area contributed by atoms with Gasteiger partial charge in [0.2, 0.25) is 0 Å². The second-order valence-corrected chi connectivity index (χ2v) is 18.9. The Morgan fingerprint density at radius 3 is 2.44 bits per heavy atom. The Balaban J connectivity index is 2.46. The molecule has 1 aliphatic rings. The lowest BCUT2D eigenvalue weighted by Gasteiger charge is -2.40. The molecule has 0 fully saturated rings. The van der Waals surface area contributed by atoms with E-state index in [1.165, 1.54) is 6.92 Å². The molecule has 1 aliphatic heterocycles. The van der Waals surface area contributed by atoms with Crippen molar-refractivity contribution in [1.82, 2.24) is 4.98 Å². The molecular formula is C35H55NO6Si. The van der Waals surface area contributed by atoms with E-state index in [1.807, 2.05) is 50.3 Å².